The van der Waals surface area contributed by atoms with Gasteiger partial charge in [-0.05, 0) is 10.4 Å². The minimum Gasteiger partial charge on any atom is -0.317 e. The van der Waals surface area contributed by atoms with Crippen LogP contribution in [0.25, 0.3) is 4.85 Å². The Kier molecular flexibility index (Phi) is 2.38. The lowest BCUT2D eigenvalue weighted by atomic mass is 10.4. The lowest BCUT2D eigenvalue weighted by Crippen LogP contribution is -1.99. The summed E-state index contributed by atoms with van der Waals surface area (Å²) in [4.78, 5) is 3.20. The normalized spacial score (nSPS) is 9.10. The summed E-state index contributed by atoms with van der Waals surface area (Å²) in [6.07, 6.45) is 2.36. The molecule has 52 valence electrons. The molecule has 1 aromatic heterocycles. The van der Waals surface area contributed by atoms with Crippen molar-refractivity contribution in [1.82, 2.24) is 20.2 Å². The Morgan fingerprint density at radius 2 is 2.50 bits per heavy atom. The summed E-state index contributed by atoms with van der Waals surface area (Å²) in [6, 6.07) is 0. The zero-order valence-corrected chi connectivity index (χ0v) is 5.43. The van der Waals surface area contributed by atoms with Crippen LogP contribution in [0.1, 0.15) is 6.42 Å². The predicted molar refractivity (Wildman–Crippen MR) is 33.9 cm³/mol. The first-order valence-electron chi connectivity index (χ1n) is 2.97. The van der Waals surface area contributed by atoms with Crippen LogP contribution in [0.5, 0.6) is 0 Å². The van der Waals surface area contributed by atoms with Crippen LogP contribution < -0.4 is 0 Å². The third-order valence-electron chi connectivity index (χ3n) is 1.05. The third-order valence-corrected chi connectivity index (χ3v) is 1.05. The van der Waals surface area contributed by atoms with Crippen LogP contribution in [0.2, 0.25) is 0 Å². The average molecular weight is 137 g/mol. The molecule has 0 bridgehead atoms. The molecule has 0 aliphatic heterocycles. The molecular weight excluding hydrogens is 130 g/mol. The van der Waals surface area contributed by atoms with E-state index in [-0.39, 0.29) is 0 Å². The van der Waals surface area contributed by atoms with Gasteiger partial charge in [0, 0.05) is 6.42 Å². The Hall–Kier alpha value is -1.44. The second-order valence-corrected chi connectivity index (χ2v) is 1.81. The molecule has 1 aromatic rings. The number of hydrogen-bond donors (Lipinski definition) is 0. The Labute approximate surface area is 58.5 Å². The van der Waals surface area contributed by atoms with E-state index in [2.05, 4.69) is 20.4 Å². The highest BCUT2D eigenvalue weighted by Crippen LogP contribution is 1.85. The molecule has 5 nitrogen and oxygen atoms in total. The monoisotopic (exact) mass is 137 g/mol. The maximum Gasteiger partial charge on any atom is 0.216 e. The Morgan fingerprint density at radius 1 is 1.60 bits per heavy atom. The van der Waals surface area contributed by atoms with Gasteiger partial charge in [-0.15, -0.1) is 5.10 Å². The highest BCUT2D eigenvalue weighted by Gasteiger charge is 1.92. The van der Waals surface area contributed by atoms with Crippen molar-refractivity contribution in [3.05, 3.63) is 17.7 Å². The Balaban J connectivity index is 2.23. The van der Waals surface area contributed by atoms with E-state index in [1.807, 2.05) is 0 Å². The summed E-state index contributed by atoms with van der Waals surface area (Å²) >= 11 is 0. The molecule has 0 aliphatic carbocycles. The molecule has 10 heavy (non-hydrogen) atoms. The Bertz CT molecular complexity index is 208. The Morgan fingerprint density at radius 3 is 3.10 bits per heavy atom. The highest BCUT2D eigenvalue weighted by molar-refractivity contribution is 4.58. The molecule has 0 fully saturated rings. The first kappa shape index (κ1) is 6.68. The van der Waals surface area contributed by atoms with E-state index in [0.717, 1.165) is 13.0 Å². The second-order valence-electron chi connectivity index (χ2n) is 1.81. The number of aryl methyl sites for hydroxylation is 1. The van der Waals surface area contributed by atoms with Gasteiger partial charge in [0.15, 0.2) is 0 Å². The molecule has 0 radical (unpaired) electrons. The summed E-state index contributed by atoms with van der Waals surface area (Å²) in [5, 5.41) is 10.6. The average Bonchev–Trinajstić information content (AvgIpc) is 2.41. The van der Waals surface area contributed by atoms with Crippen molar-refractivity contribution in [2.24, 2.45) is 0 Å². The zero-order valence-electron chi connectivity index (χ0n) is 5.43. The highest BCUT2D eigenvalue weighted by atomic mass is 15.5. The lowest BCUT2D eigenvalue weighted by molar-refractivity contribution is 0.574. The SMILES string of the molecule is [C-]#[N+]CCCn1cnnn1. The van der Waals surface area contributed by atoms with Crippen LogP contribution in [0, 0.1) is 6.57 Å². The van der Waals surface area contributed by atoms with Crippen molar-refractivity contribution in [3.8, 4) is 0 Å². The van der Waals surface area contributed by atoms with Crippen molar-refractivity contribution in [2.45, 2.75) is 13.0 Å². The van der Waals surface area contributed by atoms with Crippen molar-refractivity contribution in [3.63, 3.8) is 0 Å². The van der Waals surface area contributed by atoms with E-state index in [9.17, 15) is 0 Å². The number of tetrazole rings is 1. The van der Waals surface area contributed by atoms with Gasteiger partial charge in [0.25, 0.3) is 0 Å². The maximum atomic E-state index is 6.50. The van der Waals surface area contributed by atoms with Gasteiger partial charge in [0.05, 0.1) is 6.54 Å². The molecule has 0 spiro atoms. The standard InChI is InChI=1S/C5H7N5/c1-6-3-2-4-10-5-7-8-9-10/h5H,2-4H2. The van der Waals surface area contributed by atoms with E-state index < -0.39 is 0 Å². The molecule has 0 unspecified atom stereocenters. The van der Waals surface area contributed by atoms with Crippen LogP contribution in [0.4, 0.5) is 0 Å². The summed E-state index contributed by atoms with van der Waals surface area (Å²) < 4.78 is 1.62. The predicted octanol–water partition coefficient (Wildman–Crippen LogP) is -0.0175. The molecule has 0 aliphatic rings. The van der Waals surface area contributed by atoms with E-state index >= 15 is 0 Å². The summed E-state index contributed by atoms with van der Waals surface area (Å²) in [6.45, 7) is 7.77. The van der Waals surface area contributed by atoms with Gasteiger partial charge in [-0.25, -0.2) is 11.3 Å². The first-order chi connectivity index (χ1) is 4.93. The van der Waals surface area contributed by atoms with Gasteiger partial charge in [0.1, 0.15) is 6.33 Å². The molecule has 0 amide bonds. The minimum atomic E-state index is 0.542. The van der Waals surface area contributed by atoms with Gasteiger partial charge in [-0.1, -0.05) is 0 Å². The molecular formula is C5H7N5. The third kappa shape index (κ3) is 1.82. The van der Waals surface area contributed by atoms with Crippen molar-refractivity contribution in [2.75, 3.05) is 6.54 Å². The van der Waals surface area contributed by atoms with Gasteiger partial charge < -0.3 is 4.85 Å². The quantitative estimate of drug-likeness (QED) is 0.434. The minimum absolute atomic E-state index is 0.542. The van der Waals surface area contributed by atoms with Crippen LogP contribution in [-0.2, 0) is 6.54 Å². The topological polar surface area (TPSA) is 48.0 Å². The number of rotatable bonds is 3. The van der Waals surface area contributed by atoms with Crippen LogP contribution in [-0.4, -0.2) is 26.8 Å². The number of nitrogens with zero attached hydrogens (tertiary/aromatic N) is 5. The lowest BCUT2D eigenvalue weighted by Gasteiger charge is -1.90. The van der Waals surface area contributed by atoms with Crippen molar-refractivity contribution < 1.29 is 0 Å². The molecule has 0 saturated heterocycles. The molecule has 1 heterocycles. The van der Waals surface area contributed by atoms with Crippen molar-refractivity contribution in [1.29, 1.82) is 0 Å². The largest absolute Gasteiger partial charge is 0.317 e. The molecule has 0 N–H and O–H groups in total. The summed E-state index contributed by atoms with van der Waals surface area (Å²) in [5.74, 6) is 0. The fourth-order valence-electron chi connectivity index (χ4n) is 0.594. The van der Waals surface area contributed by atoms with Crippen molar-refractivity contribution >= 4 is 0 Å². The summed E-state index contributed by atoms with van der Waals surface area (Å²) in [7, 11) is 0. The molecule has 0 atom stereocenters. The van der Waals surface area contributed by atoms with E-state index in [4.69, 9.17) is 6.57 Å². The van der Waals surface area contributed by atoms with E-state index in [1.54, 1.807) is 11.0 Å². The fourth-order valence-corrected chi connectivity index (χ4v) is 0.594. The zero-order chi connectivity index (χ0) is 7.23. The first-order valence-corrected chi connectivity index (χ1v) is 2.97. The molecule has 0 aromatic carbocycles. The van der Waals surface area contributed by atoms with E-state index in [0.29, 0.717) is 6.54 Å². The van der Waals surface area contributed by atoms with Crippen LogP contribution in [0.15, 0.2) is 6.33 Å². The fraction of sp³-hybridized carbons (Fsp3) is 0.600. The molecule has 1 rings (SSSR count). The van der Waals surface area contributed by atoms with Gasteiger partial charge in [-0.3, -0.25) is 0 Å². The van der Waals surface area contributed by atoms with Crippen LogP contribution in [0.3, 0.4) is 0 Å². The van der Waals surface area contributed by atoms with E-state index in [1.165, 1.54) is 0 Å². The van der Waals surface area contributed by atoms with Gasteiger partial charge in [-0.2, -0.15) is 0 Å². The smallest absolute Gasteiger partial charge is 0.216 e. The number of aromatic nitrogens is 4. The van der Waals surface area contributed by atoms with Crippen LogP contribution >= 0.6 is 0 Å². The number of hydrogen-bond acceptors (Lipinski definition) is 3. The molecule has 0 saturated carbocycles. The summed E-state index contributed by atoms with van der Waals surface area (Å²) in [5.41, 5.74) is 0. The van der Waals surface area contributed by atoms with Gasteiger partial charge in [0.2, 0.25) is 6.54 Å². The maximum absolute atomic E-state index is 6.50. The molecule has 5 heteroatoms. The van der Waals surface area contributed by atoms with Gasteiger partial charge >= 0.3 is 0 Å². The second kappa shape index (κ2) is 3.56.